The molecule has 2 amide bonds. The van der Waals surface area contributed by atoms with Crippen LogP contribution in [0.2, 0.25) is 0 Å². The smallest absolute Gasteiger partial charge is 0.234 e. The molecule has 100 valence electrons. The van der Waals surface area contributed by atoms with Crippen molar-refractivity contribution in [2.45, 2.75) is 46.6 Å². The summed E-state index contributed by atoms with van der Waals surface area (Å²) in [6, 6.07) is -0.702. The number of hydrogen-bond donors (Lipinski definition) is 3. The summed E-state index contributed by atoms with van der Waals surface area (Å²) < 4.78 is 0. The minimum absolute atomic E-state index is 0.0153. The van der Waals surface area contributed by atoms with E-state index in [0.29, 0.717) is 12.8 Å². The quantitative estimate of drug-likeness (QED) is 0.629. The molecule has 0 aromatic carbocycles. The van der Waals surface area contributed by atoms with Gasteiger partial charge in [-0.25, -0.2) is 0 Å². The van der Waals surface area contributed by atoms with Crippen molar-refractivity contribution >= 4 is 11.8 Å². The van der Waals surface area contributed by atoms with E-state index in [1.807, 2.05) is 27.7 Å². The van der Waals surface area contributed by atoms with E-state index >= 15 is 0 Å². The zero-order chi connectivity index (χ0) is 13.9. The van der Waals surface area contributed by atoms with Gasteiger partial charge in [-0.1, -0.05) is 27.7 Å². The van der Waals surface area contributed by atoms with E-state index < -0.39 is 17.4 Å². The summed E-state index contributed by atoms with van der Waals surface area (Å²) in [7, 11) is 1.61. The molecule has 0 rings (SSSR count). The van der Waals surface area contributed by atoms with Gasteiger partial charge in [0, 0.05) is 13.5 Å². The van der Waals surface area contributed by atoms with Gasteiger partial charge in [0.25, 0.3) is 0 Å². The molecule has 0 aliphatic carbocycles. The van der Waals surface area contributed by atoms with Crippen LogP contribution in [0.4, 0.5) is 0 Å². The Morgan fingerprint density at radius 2 is 1.71 bits per heavy atom. The van der Waals surface area contributed by atoms with Gasteiger partial charge in [-0.2, -0.15) is 0 Å². The van der Waals surface area contributed by atoms with E-state index in [9.17, 15) is 9.59 Å². The number of carbonyl (C=O) groups is 2. The van der Waals surface area contributed by atoms with Crippen molar-refractivity contribution < 1.29 is 9.59 Å². The number of nitrogens with two attached hydrogens (primary N) is 2. The van der Waals surface area contributed by atoms with E-state index in [4.69, 9.17) is 11.5 Å². The number of amides is 2. The monoisotopic (exact) mass is 243 g/mol. The molecule has 0 heterocycles. The zero-order valence-electron chi connectivity index (χ0n) is 11.5. The molecule has 0 spiro atoms. The van der Waals surface area contributed by atoms with Crippen molar-refractivity contribution in [1.82, 2.24) is 5.32 Å². The lowest BCUT2D eigenvalue weighted by Crippen LogP contribution is -2.49. The second-order valence-corrected chi connectivity index (χ2v) is 6.06. The van der Waals surface area contributed by atoms with Gasteiger partial charge in [-0.05, 0) is 17.3 Å². The largest absolute Gasteiger partial charge is 0.368 e. The van der Waals surface area contributed by atoms with Gasteiger partial charge >= 0.3 is 0 Å². The molecule has 0 aliphatic heterocycles. The third kappa shape index (κ3) is 5.17. The van der Waals surface area contributed by atoms with E-state index in [0.717, 1.165) is 0 Å². The Morgan fingerprint density at radius 3 is 2.06 bits per heavy atom. The number of carbonyl (C=O) groups excluding carboxylic acids is 2. The SMILES string of the molecule is CNC(=O)CC(C)(C)CC(C)(C)[C@@H](N)C(N)=O. The summed E-state index contributed by atoms with van der Waals surface area (Å²) in [5.41, 5.74) is 10.4. The molecule has 5 N–H and O–H groups in total. The third-order valence-corrected chi connectivity index (χ3v) is 3.00. The first-order valence-electron chi connectivity index (χ1n) is 5.77. The van der Waals surface area contributed by atoms with Crippen molar-refractivity contribution in [3.05, 3.63) is 0 Å². The van der Waals surface area contributed by atoms with E-state index in [-0.39, 0.29) is 11.3 Å². The van der Waals surface area contributed by atoms with Crippen LogP contribution in [0.5, 0.6) is 0 Å². The molecular formula is C12H25N3O2. The van der Waals surface area contributed by atoms with Crippen molar-refractivity contribution in [2.24, 2.45) is 22.3 Å². The molecule has 0 aliphatic rings. The highest BCUT2D eigenvalue weighted by molar-refractivity contribution is 5.80. The van der Waals surface area contributed by atoms with Gasteiger partial charge in [0.05, 0.1) is 6.04 Å². The van der Waals surface area contributed by atoms with Crippen LogP contribution in [0.1, 0.15) is 40.5 Å². The average Bonchev–Trinajstić information content (AvgIpc) is 2.13. The van der Waals surface area contributed by atoms with Crippen LogP contribution in [0.25, 0.3) is 0 Å². The van der Waals surface area contributed by atoms with Crippen LogP contribution < -0.4 is 16.8 Å². The van der Waals surface area contributed by atoms with Crippen molar-refractivity contribution in [2.75, 3.05) is 7.05 Å². The van der Waals surface area contributed by atoms with Crippen LogP contribution in [-0.2, 0) is 9.59 Å². The topological polar surface area (TPSA) is 98.2 Å². The Labute approximate surface area is 103 Å². The lowest BCUT2D eigenvalue weighted by atomic mass is 9.69. The first-order valence-corrected chi connectivity index (χ1v) is 5.77. The van der Waals surface area contributed by atoms with Crippen molar-refractivity contribution in [1.29, 1.82) is 0 Å². The summed E-state index contributed by atoms with van der Waals surface area (Å²) in [4.78, 5) is 22.5. The normalized spacial score (nSPS) is 14.2. The van der Waals surface area contributed by atoms with E-state index in [2.05, 4.69) is 5.32 Å². The minimum atomic E-state index is -0.702. The van der Waals surface area contributed by atoms with Crippen LogP contribution in [-0.4, -0.2) is 24.9 Å². The molecule has 17 heavy (non-hydrogen) atoms. The molecule has 5 nitrogen and oxygen atoms in total. The molecule has 5 heteroatoms. The third-order valence-electron chi connectivity index (χ3n) is 3.00. The van der Waals surface area contributed by atoms with E-state index in [1.165, 1.54) is 0 Å². The second kappa shape index (κ2) is 5.49. The molecule has 0 fully saturated rings. The maximum absolute atomic E-state index is 11.4. The van der Waals surface area contributed by atoms with Gasteiger partial charge in [-0.15, -0.1) is 0 Å². The number of nitrogens with one attached hydrogen (secondary N) is 1. The Bertz CT molecular complexity index is 298. The molecular weight excluding hydrogens is 218 g/mol. The minimum Gasteiger partial charge on any atom is -0.368 e. The highest BCUT2D eigenvalue weighted by atomic mass is 16.2. The predicted octanol–water partition coefficient (Wildman–Crippen LogP) is 0.378. The average molecular weight is 243 g/mol. The Morgan fingerprint density at radius 1 is 1.24 bits per heavy atom. The van der Waals surface area contributed by atoms with Crippen molar-refractivity contribution in [3.8, 4) is 0 Å². The van der Waals surface area contributed by atoms with Gasteiger partial charge in [-0.3, -0.25) is 9.59 Å². The number of hydrogen-bond acceptors (Lipinski definition) is 3. The highest BCUT2D eigenvalue weighted by Gasteiger charge is 2.37. The lowest BCUT2D eigenvalue weighted by Gasteiger charge is -2.37. The van der Waals surface area contributed by atoms with Crippen LogP contribution in [0, 0.1) is 10.8 Å². The lowest BCUT2D eigenvalue weighted by molar-refractivity contribution is -0.123. The highest BCUT2D eigenvalue weighted by Crippen LogP contribution is 2.37. The molecule has 1 atom stereocenters. The number of primary amides is 1. The summed E-state index contributed by atoms with van der Waals surface area (Å²) in [6.07, 6.45) is 1.05. The predicted molar refractivity (Wildman–Crippen MR) is 68.0 cm³/mol. The zero-order valence-corrected chi connectivity index (χ0v) is 11.5. The molecule has 0 unspecified atom stereocenters. The maximum atomic E-state index is 11.4. The summed E-state index contributed by atoms with van der Waals surface area (Å²) in [6.45, 7) is 7.76. The molecule has 0 saturated carbocycles. The number of rotatable bonds is 6. The van der Waals surface area contributed by atoms with Gasteiger partial charge in [0.15, 0.2) is 0 Å². The van der Waals surface area contributed by atoms with Crippen molar-refractivity contribution in [3.63, 3.8) is 0 Å². The molecule has 0 aromatic heterocycles. The summed E-state index contributed by atoms with van der Waals surface area (Å²) in [5.74, 6) is -0.524. The second-order valence-electron chi connectivity index (χ2n) is 6.06. The van der Waals surface area contributed by atoms with E-state index in [1.54, 1.807) is 7.05 Å². The molecule has 0 radical (unpaired) electrons. The fraction of sp³-hybridized carbons (Fsp3) is 0.833. The molecule has 0 saturated heterocycles. The maximum Gasteiger partial charge on any atom is 0.234 e. The Hall–Kier alpha value is -1.10. The Balaban J connectivity index is 4.68. The van der Waals surface area contributed by atoms with Gasteiger partial charge < -0.3 is 16.8 Å². The Kier molecular flexibility index (Phi) is 5.13. The molecule has 0 bridgehead atoms. The van der Waals surface area contributed by atoms with Crippen LogP contribution >= 0.6 is 0 Å². The van der Waals surface area contributed by atoms with Crippen LogP contribution in [0.15, 0.2) is 0 Å². The summed E-state index contributed by atoms with van der Waals surface area (Å²) in [5, 5.41) is 2.60. The van der Waals surface area contributed by atoms with Gasteiger partial charge in [0.2, 0.25) is 11.8 Å². The summed E-state index contributed by atoms with van der Waals surface area (Å²) >= 11 is 0. The van der Waals surface area contributed by atoms with Gasteiger partial charge in [0.1, 0.15) is 0 Å². The fourth-order valence-electron chi connectivity index (χ4n) is 2.31. The van der Waals surface area contributed by atoms with Crippen LogP contribution in [0.3, 0.4) is 0 Å². The standard InChI is InChI=1S/C12H25N3O2/c1-11(2,6-8(16)15-5)7-12(3,4)9(13)10(14)17/h9H,6-7,13H2,1-5H3,(H2,14,17)(H,15,16)/t9-/m0/s1. The first-order chi connectivity index (χ1) is 7.52. The first kappa shape index (κ1) is 15.9. The molecule has 0 aromatic rings. The fourth-order valence-corrected chi connectivity index (χ4v) is 2.31.